The lowest BCUT2D eigenvalue weighted by atomic mass is 10.1. The van der Waals surface area contributed by atoms with Crippen LogP contribution in [0.3, 0.4) is 0 Å². The number of hydrogen-bond donors (Lipinski definition) is 2. The van der Waals surface area contributed by atoms with Crippen molar-refractivity contribution in [1.29, 1.82) is 0 Å². The van der Waals surface area contributed by atoms with E-state index in [1.807, 2.05) is 25.1 Å². The third-order valence-electron chi connectivity index (χ3n) is 3.57. The molecule has 0 aromatic heterocycles. The van der Waals surface area contributed by atoms with E-state index >= 15 is 0 Å². The number of carbonyl (C=O) groups is 1. The monoisotopic (exact) mass is 318 g/mol. The van der Waals surface area contributed by atoms with Gasteiger partial charge in [0.25, 0.3) is 0 Å². The van der Waals surface area contributed by atoms with Gasteiger partial charge in [0.2, 0.25) is 0 Å². The van der Waals surface area contributed by atoms with Crippen molar-refractivity contribution in [1.82, 2.24) is 10.6 Å². The standard InChI is InChI=1S/C18H20F2N2O/c1-12-4-3-5-14(10-12)8-9-21-18(23)22-13(2)15-6-7-16(19)17(20)11-15/h3-7,10-11,13H,8-9H2,1-2H3,(H2,21,22,23). The molecule has 0 bridgehead atoms. The van der Waals surface area contributed by atoms with Gasteiger partial charge in [-0.05, 0) is 43.5 Å². The van der Waals surface area contributed by atoms with E-state index < -0.39 is 17.7 Å². The van der Waals surface area contributed by atoms with E-state index in [1.54, 1.807) is 6.92 Å². The van der Waals surface area contributed by atoms with E-state index in [0.29, 0.717) is 12.1 Å². The van der Waals surface area contributed by atoms with Crippen LogP contribution in [0.4, 0.5) is 13.6 Å². The Morgan fingerprint density at radius 3 is 2.61 bits per heavy atom. The molecule has 1 atom stereocenters. The zero-order valence-electron chi connectivity index (χ0n) is 13.2. The van der Waals surface area contributed by atoms with Crippen LogP contribution >= 0.6 is 0 Å². The van der Waals surface area contributed by atoms with Gasteiger partial charge in [0, 0.05) is 6.54 Å². The zero-order valence-corrected chi connectivity index (χ0v) is 13.2. The van der Waals surface area contributed by atoms with Crippen LogP contribution in [-0.2, 0) is 6.42 Å². The van der Waals surface area contributed by atoms with E-state index in [9.17, 15) is 13.6 Å². The molecule has 2 aromatic carbocycles. The summed E-state index contributed by atoms with van der Waals surface area (Å²) in [5.41, 5.74) is 2.84. The largest absolute Gasteiger partial charge is 0.338 e. The summed E-state index contributed by atoms with van der Waals surface area (Å²) in [5, 5.41) is 5.46. The number of aryl methyl sites for hydroxylation is 1. The van der Waals surface area contributed by atoms with Crippen molar-refractivity contribution >= 4 is 6.03 Å². The van der Waals surface area contributed by atoms with Gasteiger partial charge < -0.3 is 10.6 Å². The van der Waals surface area contributed by atoms with Crippen LogP contribution in [-0.4, -0.2) is 12.6 Å². The summed E-state index contributed by atoms with van der Waals surface area (Å²) in [6.07, 6.45) is 0.731. The smallest absolute Gasteiger partial charge is 0.315 e. The fourth-order valence-electron chi connectivity index (χ4n) is 2.30. The summed E-state index contributed by atoms with van der Waals surface area (Å²) in [6, 6.07) is 10.9. The van der Waals surface area contributed by atoms with Crippen LogP contribution < -0.4 is 10.6 Å². The highest BCUT2D eigenvalue weighted by Gasteiger charge is 2.11. The molecular weight excluding hydrogens is 298 g/mol. The summed E-state index contributed by atoms with van der Waals surface area (Å²) < 4.78 is 26.1. The molecule has 3 nitrogen and oxygen atoms in total. The summed E-state index contributed by atoms with van der Waals surface area (Å²) in [7, 11) is 0. The second-order valence-corrected chi connectivity index (χ2v) is 5.53. The second kappa shape index (κ2) is 7.72. The van der Waals surface area contributed by atoms with Crippen LogP contribution in [0.25, 0.3) is 0 Å². The zero-order chi connectivity index (χ0) is 16.8. The Morgan fingerprint density at radius 2 is 1.91 bits per heavy atom. The first-order valence-corrected chi connectivity index (χ1v) is 7.50. The first kappa shape index (κ1) is 16.9. The summed E-state index contributed by atoms with van der Waals surface area (Å²) in [6.45, 7) is 4.24. The fourth-order valence-corrected chi connectivity index (χ4v) is 2.30. The minimum absolute atomic E-state index is 0.338. The first-order chi connectivity index (χ1) is 11.0. The molecule has 0 fully saturated rings. The molecular formula is C18H20F2N2O. The van der Waals surface area contributed by atoms with Gasteiger partial charge in [0.05, 0.1) is 6.04 Å². The number of nitrogens with one attached hydrogen (secondary N) is 2. The molecule has 0 saturated heterocycles. The van der Waals surface area contributed by atoms with Gasteiger partial charge in [-0.3, -0.25) is 0 Å². The SMILES string of the molecule is Cc1cccc(CCNC(=O)NC(C)c2ccc(F)c(F)c2)c1. The Kier molecular flexibility index (Phi) is 5.68. The van der Waals surface area contributed by atoms with Gasteiger partial charge in [0.15, 0.2) is 11.6 Å². The Labute approximate surface area is 134 Å². The predicted octanol–water partition coefficient (Wildman–Crippen LogP) is 3.88. The van der Waals surface area contributed by atoms with Gasteiger partial charge in [-0.1, -0.05) is 35.9 Å². The van der Waals surface area contributed by atoms with Crippen LogP contribution in [0.5, 0.6) is 0 Å². The van der Waals surface area contributed by atoms with Gasteiger partial charge in [-0.15, -0.1) is 0 Å². The van der Waals surface area contributed by atoms with Crippen molar-refractivity contribution in [3.05, 3.63) is 70.8 Å². The lowest BCUT2D eigenvalue weighted by Crippen LogP contribution is -2.38. The van der Waals surface area contributed by atoms with Crippen LogP contribution in [0, 0.1) is 18.6 Å². The van der Waals surface area contributed by atoms with Crippen molar-refractivity contribution in [2.24, 2.45) is 0 Å². The number of benzene rings is 2. The highest BCUT2D eigenvalue weighted by molar-refractivity contribution is 5.74. The molecule has 122 valence electrons. The minimum Gasteiger partial charge on any atom is -0.338 e. The Hall–Kier alpha value is -2.43. The highest BCUT2D eigenvalue weighted by atomic mass is 19.2. The fraction of sp³-hybridized carbons (Fsp3) is 0.278. The molecule has 0 saturated carbocycles. The number of carbonyl (C=O) groups excluding carboxylic acids is 1. The van der Waals surface area contributed by atoms with Crippen LogP contribution in [0.15, 0.2) is 42.5 Å². The van der Waals surface area contributed by atoms with Crippen LogP contribution in [0.1, 0.15) is 29.7 Å². The molecule has 23 heavy (non-hydrogen) atoms. The second-order valence-electron chi connectivity index (χ2n) is 5.53. The maximum Gasteiger partial charge on any atom is 0.315 e. The minimum atomic E-state index is -0.920. The van der Waals surface area contributed by atoms with E-state index in [-0.39, 0.29) is 6.03 Å². The molecule has 0 aliphatic carbocycles. The molecule has 0 radical (unpaired) electrons. The Bertz CT molecular complexity index is 688. The molecule has 0 heterocycles. The molecule has 1 unspecified atom stereocenters. The number of urea groups is 1. The third kappa shape index (κ3) is 5.06. The summed E-state index contributed by atoms with van der Waals surface area (Å²) in [4.78, 5) is 11.8. The molecule has 2 N–H and O–H groups in total. The van der Waals surface area contributed by atoms with Crippen molar-refractivity contribution in [3.8, 4) is 0 Å². The molecule has 2 aromatic rings. The van der Waals surface area contributed by atoms with Gasteiger partial charge in [-0.25, -0.2) is 13.6 Å². The number of hydrogen-bond acceptors (Lipinski definition) is 1. The van der Waals surface area contributed by atoms with Crippen molar-refractivity contribution in [2.75, 3.05) is 6.54 Å². The van der Waals surface area contributed by atoms with Gasteiger partial charge in [-0.2, -0.15) is 0 Å². The Balaban J connectivity index is 1.81. The molecule has 2 rings (SSSR count). The highest BCUT2D eigenvalue weighted by Crippen LogP contribution is 2.15. The van der Waals surface area contributed by atoms with Crippen molar-refractivity contribution < 1.29 is 13.6 Å². The van der Waals surface area contributed by atoms with E-state index in [0.717, 1.165) is 24.1 Å². The van der Waals surface area contributed by atoms with Crippen LogP contribution in [0.2, 0.25) is 0 Å². The average molecular weight is 318 g/mol. The lowest BCUT2D eigenvalue weighted by Gasteiger charge is -2.15. The summed E-state index contributed by atoms with van der Waals surface area (Å²) >= 11 is 0. The normalized spacial score (nSPS) is 11.8. The van der Waals surface area contributed by atoms with E-state index in [1.165, 1.54) is 11.6 Å². The van der Waals surface area contributed by atoms with E-state index in [4.69, 9.17) is 0 Å². The van der Waals surface area contributed by atoms with E-state index in [2.05, 4.69) is 16.7 Å². The number of halogens is 2. The Morgan fingerprint density at radius 1 is 1.13 bits per heavy atom. The van der Waals surface area contributed by atoms with Gasteiger partial charge >= 0.3 is 6.03 Å². The molecule has 5 heteroatoms. The number of rotatable bonds is 5. The quantitative estimate of drug-likeness (QED) is 0.863. The summed E-state index contributed by atoms with van der Waals surface area (Å²) in [5.74, 6) is -1.82. The molecule has 2 amide bonds. The molecule has 0 aliphatic heterocycles. The predicted molar refractivity (Wildman–Crippen MR) is 86.2 cm³/mol. The topological polar surface area (TPSA) is 41.1 Å². The number of amides is 2. The van der Waals surface area contributed by atoms with Crippen molar-refractivity contribution in [3.63, 3.8) is 0 Å². The molecule has 0 aliphatic rings. The maximum atomic E-state index is 13.2. The lowest BCUT2D eigenvalue weighted by molar-refractivity contribution is 0.238. The maximum absolute atomic E-state index is 13.2. The molecule has 0 spiro atoms. The first-order valence-electron chi connectivity index (χ1n) is 7.50. The van der Waals surface area contributed by atoms with Crippen molar-refractivity contribution in [2.45, 2.75) is 26.3 Å². The van der Waals surface area contributed by atoms with Gasteiger partial charge in [0.1, 0.15) is 0 Å². The third-order valence-corrected chi connectivity index (χ3v) is 3.57. The average Bonchev–Trinajstić information content (AvgIpc) is 2.50.